The molecule has 0 aliphatic heterocycles. The van der Waals surface area contributed by atoms with Crippen molar-refractivity contribution in [1.82, 2.24) is 15.0 Å². The van der Waals surface area contributed by atoms with Crippen LogP contribution in [0.25, 0.3) is 10.7 Å². The van der Waals surface area contributed by atoms with Crippen molar-refractivity contribution in [1.29, 1.82) is 0 Å². The molecule has 1 amide bonds. The van der Waals surface area contributed by atoms with E-state index in [4.69, 9.17) is 4.74 Å². The van der Waals surface area contributed by atoms with Gasteiger partial charge in [-0.1, -0.05) is 25.1 Å². The summed E-state index contributed by atoms with van der Waals surface area (Å²) in [6.45, 7) is 3.57. The topological polar surface area (TPSA) is 103 Å². The Hall–Kier alpha value is -2.42. The molecule has 0 saturated carbocycles. The Balaban J connectivity index is 2.13. The van der Waals surface area contributed by atoms with Crippen LogP contribution >= 0.6 is 11.3 Å². The summed E-state index contributed by atoms with van der Waals surface area (Å²) in [6.07, 6.45) is 0.439. The van der Waals surface area contributed by atoms with Gasteiger partial charge < -0.3 is 10.1 Å². The van der Waals surface area contributed by atoms with Crippen molar-refractivity contribution in [2.45, 2.75) is 32.9 Å². The number of amides is 1. The summed E-state index contributed by atoms with van der Waals surface area (Å²) in [7, 11) is 1.27. The van der Waals surface area contributed by atoms with Gasteiger partial charge >= 0.3 is 11.7 Å². The molecule has 24 heavy (non-hydrogen) atoms. The van der Waals surface area contributed by atoms with Crippen LogP contribution < -0.4 is 11.1 Å². The SMILES string of the molecule is COC(=O)[C@H](CC(C)C)NC(=O)Cn1c(-c2cccs2)noc1=O. The molecule has 8 nitrogen and oxygen atoms in total. The Labute approximate surface area is 142 Å². The molecule has 0 aromatic carbocycles. The number of ether oxygens (including phenoxy) is 1. The third-order valence-corrected chi connectivity index (χ3v) is 4.12. The van der Waals surface area contributed by atoms with E-state index in [1.54, 1.807) is 12.1 Å². The molecule has 2 aromatic heterocycles. The third-order valence-electron chi connectivity index (χ3n) is 3.26. The second-order valence-corrected chi connectivity index (χ2v) is 6.56. The number of esters is 1. The minimum absolute atomic E-state index is 0.189. The Morgan fingerprint density at radius 2 is 2.21 bits per heavy atom. The highest BCUT2D eigenvalue weighted by Crippen LogP contribution is 2.21. The number of carbonyl (C=O) groups excluding carboxylic acids is 2. The minimum atomic E-state index is -0.761. The molecule has 0 radical (unpaired) electrons. The van der Waals surface area contributed by atoms with Crippen LogP contribution in [0, 0.1) is 5.92 Å². The predicted molar refractivity (Wildman–Crippen MR) is 87.5 cm³/mol. The zero-order chi connectivity index (χ0) is 17.7. The summed E-state index contributed by atoms with van der Waals surface area (Å²) in [5.41, 5.74) is 0. The summed E-state index contributed by atoms with van der Waals surface area (Å²) < 4.78 is 10.5. The Bertz CT molecular complexity index is 748. The van der Waals surface area contributed by atoms with Crippen LogP contribution in [0.1, 0.15) is 20.3 Å². The number of methoxy groups -OCH3 is 1. The minimum Gasteiger partial charge on any atom is -0.467 e. The Morgan fingerprint density at radius 1 is 1.46 bits per heavy atom. The molecule has 0 fully saturated rings. The maximum absolute atomic E-state index is 12.3. The number of hydrogen-bond donors (Lipinski definition) is 1. The van der Waals surface area contributed by atoms with Crippen LogP contribution in [0.4, 0.5) is 0 Å². The van der Waals surface area contributed by atoms with Gasteiger partial charge in [-0.05, 0) is 23.8 Å². The van der Waals surface area contributed by atoms with E-state index in [1.165, 1.54) is 18.4 Å². The van der Waals surface area contributed by atoms with Crippen LogP contribution in [-0.2, 0) is 20.9 Å². The standard InChI is InChI=1S/C15H19N3O5S/c1-9(2)7-10(14(20)22-3)16-12(19)8-18-13(17-23-15(18)21)11-5-4-6-24-11/h4-6,9-10H,7-8H2,1-3H3,(H,16,19)/t10-/m0/s1. The van der Waals surface area contributed by atoms with Crippen molar-refractivity contribution < 1.29 is 18.8 Å². The van der Waals surface area contributed by atoms with E-state index in [0.717, 1.165) is 4.57 Å². The number of nitrogens with zero attached hydrogens (tertiary/aromatic N) is 2. The van der Waals surface area contributed by atoms with Crippen LogP contribution in [0.5, 0.6) is 0 Å². The highest BCUT2D eigenvalue weighted by Gasteiger charge is 2.24. The molecule has 9 heteroatoms. The zero-order valence-corrected chi connectivity index (χ0v) is 14.5. The van der Waals surface area contributed by atoms with Gasteiger partial charge in [0.1, 0.15) is 12.6 Å². The van der Waals surface area contributed by atoms with E-state index >= 15 is 0 Å². The van der Waals surface area contributed by atoms with E-state index in [9.17, 15) is 14.4 Å². The monoisotopic (exact) mass is 353 g/mol. The van der Waals surface area contributed by atoms with Crippen molar-refractivity contribution in [3.63, 3.8) is 0 Å². The lowest BCUT2D eigenvalue weighted by atomic mass is 10.0. The van der Waals surface area contributed by atoms with Crippen LogP contribution in [-0.4, -0.2) is 34.8 Å². The average Bonchev–Trinajstić information content (AvgIpc) is 3.16. The Kier molecular flexibility index (Phi) is 5.91. The number of nitrogens with one attached hydrogen (secondary N) is 1. The number of rotatable bonds is 7. The van der Waals surface area contributed by atoms with Gasteiger partial charge in [0.05, 0.1) is 12.0 Å². The summed E-state index contributed by atoms with van der Waals surface area (Å²) in [4.78, 5) is 36.5. The molecule has 2 rings (SSSR count). The molecule has 0 spiro atoms. The van der Waals surface area contributed by atoms with Crippen molar-refractivity contribution in [2.75, 3.05) is 7.11 Å². The third kappa shape index (κ3) is 4.31. The highest BCUT2D eigenvalue weighted by atomic mass is 32.1. The average molecular weight is 353 g/mol. The quantitative estimate of drug-likeness (QED) is 0.752. The van der Waals surface area contributed by atoms with E-state index < -0.39 is 23.7 Å². The smallest absolute Gasteiger partial charge is 0.442 e. The zero-order valence-electron chi connectivity index (χ0n) is 13.6. The summed E-state index contributed by atoms with van der Waals surface area (Å²) in [5, 5.41) is 8.13. The second kappa shape index (κ2) is 7.91. The van der Waals surface area contributed by atoms with Crippen LogP contribution in [0.15, 0.2) is 26.8 Å². The largest absolute Gasteiger partial charge is 0.467 e. The van der Waals surface area contributed by atoms with Crippen LogP contribution in [0.2, 0.25) is 0 Å². The molecular weight excluding hydrogens is 334 g/mol. The molecular formula is C15H19N3O5S. The molecule has 0 unspecified atom stereocenters. The first-order valence-corrected chi connectivity index (χ1v) is 8.28. The van der Waals surface area contributed by atoms with E-state index in [0.29, 0.717) is 11.3 Å². The van der Waals surface area contributed by atoms with Gasteiger partial charge in [0.2, 0.25) is 5.91 Å². The van der Waals surface area contributed by atoms with Gasteiger partial charge in [-0.25, -0.2) is 14.2 Å². The Morgan fingerprint density at radius 3 is 2.79 bits per heavy atom. The first-order valence-electron chi connectivity index (χ1n) is 7.40. The maximum Gasteiger partial charge on any atom is 0.442 e. The molecule has 0 aliphatic rings. The number of carbonyl (C=O) groups is 2. The maximum atomic E-state index is 12.3. The van der Waals surface area contributed by atoms with Crippen molar-refractivity contribution >= 4 is 23.2 Å². The lowest BCUT2D eigenvalue weighted by Crippen LogP contribution is -2.44. The first-order chi connectivity index (χ1) is 11.4. The molecule has 0 saturated heterocycles. The van der Waals surface area contributed by atoms with Crippen LogP contribution in [0.3, 0.4) is 0 Å². The molecule has 0 bridgehead atoms. The van der Waals surface area contributed by atoms with Gasteiger partial charge in [-0.3, -0.25) is 9.32 Å². The van der Waals surface area contributed by atoms with Gasteiger partial charge in [0, 0.05) is 0 Å². The van der Waals surface area contributed by atoms with E-state index in [-0.39, 0.29) is 18.3 Å². The molecule has 1 N–H and O–H groups in total. The highest BCUT2D eigenvalue weighted by molar-refractivity contribution is 7.13. The fraction of sp³-hybridized carbons (Fsp3) is 0.467. The van der Waals surface area contributed by atoms with Crippen molar-refractivity contribution in [3.05, 3.63) is 28.1 Å². The normalized spacial score (nSPS) is 12.2. The number of thiophene rings is 1. The molecule has 0 aliphatic carbocycles. The summed E-state index contributed by atoms with van der Waals surface area (Å²) in [6, 6.07) is 2.81. The van der Waals surface area contributed by atoms with Gasteiger partial charge in [-0.15, -0.1) is 11.3 Å². The first kappa shape index (κ1) is 17.9. The summed E-state index contributed by atoms with van der Waals surface area (Å²) in [5.74, 6) is -1.27. The predicted octanol–water partition coefficient (Wildman–Crippen LogP) is 1.27. The molecule has 2 heterocycles. The number of aromatic nitrogens is 2. The van der Waals surface area contributed by atoms with E-state index in [2.05, 4.69) is 15.0 Å². The van der Waals surface area contributed by atoms with Gasteiger partial charge in [0.25, 0.3) is 0 Å². The van der Waals surface area contributed by atoms with Crippen molar-refractivity contribution in [2.24, 2.45) is 5.92 Å². The molecule has 2 aromatic rings. The lowest BCUT2D eigenvalue weighted by Gasteiger charge is -2.18. The lowest BCUT2D eigenvalue weighted by molar-refractivity contribution is -0.145. The van der Waals surface area contributed by atoms with Gasteiger partial charge in [0.15, 0.2) is 5.82 Å². The van der Waals surface area contributed by atoms with E-state index in [1.807, 2.05) is 19.2 Å². The number of hydrogen-bond acceptors (Lipinski definition) is 7. The molecule has 130 valence electrons. The summed E-state index contributed by atoms with van der Waals surface area (Å²) >= 11 is 1.37. The van der Waals surface area contributed by atoms with Gasteiger partial charge in [-0.2, -0.15) is 0 Å². The fourth-order valence-electron chi connectivity index (χ4n) is 2.20. The molecule has 1 atom stereocenters. The fourth-order valence-corrected chi connectivity index (χ4v) is 2.92. The van der Waals surface area contributed by atoms with Crippen molar-refractivity contribution in [3.8, 4) is 10.7 Å². The second-order valence-electron chi connectivity index (χ2n) is 5.61.